The van der Waals surface area contributed by atoms with Gasteiger partial charge in [-0.1, -0.05) is 30.3 Å². The average Bonchev–Trinajstić information content (AvgIpc) is 3.48. The molecule has 0 aliphatic heterocycles. The van der Waals surface area contributed by atoms with Gasteiger partial charge in [-0.2, -0.15) is 0 Å². The van der Waals surface area contributed by atoms with Gasteiger partial charge in [0.2, 0.25) is 5.91 Å². The summed E-state index contributed by atoms with van der Waals surface area (Å²) in [5, 5.41) is 18.6. The smallest absolute Gasteiger partial charge is 0.246 e. The van der Waals surface area contributed by atoms with Crippen LogP contribution in [0.5, 0.6) is 5.75 Å². The second-order valence-corrected chi connectivity index (χ2v) is 6.79. The zero-order chi connectivity index (χ0) is 19.1. The summed E-state index contributed by atoms with van der Waals surface area (Å²) in [5.41, 5.74) is 2.15. The number of anilines is 1. The fraction of sp³-hybridized carbons (Fsp3) is 0.333. The van der Waals surface area contributed by atoms with Gasteiger partial charge in [-0.25, -0.2) is 4.99 Å². The Kier molecular flexibility index (Phi) is 8.10. The minimum atomic E-state index is -0.206. The number of benzene rings is 2. The number of phenols is 1. The summed E-state index contributed by atoms with van der Waals surface area (Å²) in [6, 6.07) is 16.9. The molecule has 1 amide bonds. The highest BCUT2D eigenvalue weighted by Crippen LogP contribution is 2.47. The van der Waals surface area contributed by atoms with E-state index in [4.69, 9.17) is 0 Å². The molecule has 150 valence electrons. The molecule has 0 saturated heterocycles. The first kappa shape index (κ1) is 22.0. The number of hydrogen-bond donors (Lipinski definition) is 4. The van der Waals surface area contributed by atoms with E-state index in [1.54, 1.807) is 12.1 Å². The van der Waals surface area contributed by atoms with Gasteiger partial charge in [-0.15, -0.1) is 24.0 Å². The Labute approximate surface area is 182 Å². The Morgan fingerprint density at radius 1 is 1.07 bits per heavy atom. The SMILES string of the molecule is CCNC(=NCC(=O)Nc1ccc(O)cc1)NCC1(c2ccccc2)CC1.I. The van der Waals surface area contributed by atoms with E-state index in [2.05, 4.69) is 45.2 Å². The second kappa shape index (κ2) is 10.3. The monoisotopic (exact) mass is 494 g/mol. The van der Waals surface area contributed by atoms with Crippen molar-refractivity contribution in [3.8, 4) is 5.75 Å². The Balaban J connectivity index is 0.00000280. The molecule has 6 nitrogen and oxygen atoms in total. The zero-order valence-corrected chi connectivity index (χ0v) is 18.3. The third-order valence-corrected chi connectivity index (χ3v) is 4.71. The van der Waals surface area contributed by atoms with Crippen molar-refractivity contribution in [2.75, 3.05) is 25.0 Å². The van der Waals surface area contributed by atoms with Crippen molar-refractivity contribution in [1.82, 2.24) is 10.6 Å². The van der Waals surface area contributed by atoms with Gasteiger partial charge in [0.1, 0.15) is 12.3 Å². The van der Waals surface area contributed by atoms with Gasteiger partial charge >= 0.3 is 0 Å². The summed E-state index contributed by atoms with van der Waals surface area (Å²) >= 11 is 0. The number of nitrogens with one attached hydrogen (secondary N) is 3. The molecule has 0 spiro atoms. The van der Waals surface area contributed by atoms with Crippen LogP contribution in [0.25, 0.3) is 0 Å². The fourth-order valence-corrected chi connectivity index (χ4v) is 3.00. The Hall–Kier alpha value is -2.29. The van der Waals surface area contributed by atoms with Gasteiger partial charge in [0.25, 0.3) is 0 Å². The van der Waals surface area contributed by atoms with Crippen LogP contribution in [0.2, 0.25) is 0 Å². The molecular weight excluding hydrogens is 467 g/mol. The van der Waals surface area contributed by atoms with Crippen LogP contribution < -0.4 is 16.0 Å². The molecule has 1 fully saturated rings. The van der Waals surface area contributed by atoms with Crippen LogP contribution in [0, 0.1) is 0 Å². The van der Waals surface area contributed by atoms with Crippen molar-refractivity contribution in [1.29, 1.82) is 0 Å². The number of halogens is 1. The quantitative estimate of drug-likeness (QED) is 0.206. The van der Waals surface area contributed by atoms with E-state index in [0.717, 1.165) is 25.9 Å². The first-order valence-electron chi connectivity index (χ1n) is 9.28. The fourth-order valence-electron chi connectivity index (χ4n) is 3.00. The van der Waals surface area contributed by atoms with E-state index in [1.807, 2.05) is 13.0 Å². The maximum atomic E-state index is 12.1. The minimum absolute atomic E-state index is 0. The Morgan fingerprint density at radius 3 is 2.36 bits per heavy atom. The van der Waals surface area contributed by atoms with E-state index in [-0.39, 0.29) is 47.6 Å². The summed E-state index contributed by atoms with van der Waals surface area (Å²) in [4.78, 5) is 16.5. The molecule has 1 aliphatic rings. The highest BCUT2D eigenvalue weighted by atomic mass is 127. The van der Waals surface area contributed by atoms with Crippen LogP contribution in [-0.2, 0) is 10.2 Å². The number of guanidine groups is 1. The summed E-state index contributed by atoms with van der Waals surface area (Å²) in [5.74, 6) is 0.597. The van der Waals surface area contributed by atoms with Crippen molar-refractivity contribution < 1.29 is 9.90 Å². The molecule has 0 heterocycles. The van der Waals surface area contributed by atoms with Crippen molar-refractivity contribution in [3.63, 3.8) is 0 Å². The van der Waals surface area contributed by atoms with Crippen LogP contribution >= 0.6 is 24.0 Å². The topological polar surface area (TPSA) is 85.8 Å². The summed E-state index contributed by atoms with van der Waals surface area (Å²) in [6.45, 7) is 3.54. The number of carbonyl (C=O) groups is 1. The summed E-state index contributed by atoms with van der Waals surface area (Å²) < 4.78 is 0. The molecule has 0 unspecified atom stereocenters. The third kappa shape index (κ3) is 6.12. The lowest BCUT2D eigenvalue weighted by Crippen LogP contribution is -2.41. The highest BCUT2D eigenvalue weighted by Gasteiger charge is 2.43. The van der Waals surface area contributed by atoms with Crippen LogP contribution in [0.4, 0.5) is 5.69 Å². The standard InChI is InChI=1S/C21H26N4O2.HI/c1-2-22-20(23-14-19(27)25-17-8-10-18(26)11-9-17)24-15-21(12-13-21)16-6-4-3-5-7-16;/h3-11,26H,2,12-15H2,1H3,(H,25,27)(H2,22,23,24);1H. The Morgan fingerprint density at radius 2 is 1.75 bits per heavy atom. The second-order valence-electron chi connectivity index (χ2n) is 6.79. The number of aliphatic imine (C=N–C) groups is 1. The molecule has 7 heteroatoms. The number of phenolic OH excluding ortho intramolecular Hbond substituents is 1. The van der Waals surface area contributed by atoms with Gasteiger partial charge in [-0.3, -0.25) is 4.79 Å². The molecule has 0 radical (unpaired) electrons. The molecule has 1 aliphatic carbocycles. The molecule has 3 rings (SSSR count). The molecule has 4 N–H and O–H groups in total. The number of aromatic hydroxyl groups is 1. The van der Waals surface area contributed by atoms with Gasteiger partial charge in [0, 0.05) is 24.2 Å². The zero-order valence-electron chi connectivity index (χ0n) is 15.9. The van der Waals surface area contributed by atoms with Crippen molar-refractivity contribution >= 4 is 41.5 Å². The van der Waals surface area contributed by atoms with Gasteiger partial charge in [-0.05, 0) is 49.6 Å². The first-order chi connectivity index (χ1) is 13.1. The van der Waals surface area contributed by atoms with Crippen LogP contribution in [0.15, 0.2) is 59.6 Å². The van der Waals surface area contributed by atoms with Crippen LogP contribution in [-0.4, -0.2) is 36.6 Å². The molecule has 28 heavy (non-hydrogen) atoms. The van der Waals surface area contributed by atoms with E-state index in [9.17, 15) is 9.90 Å². The lowest BCUT2D eigenvalue weighted by molar-refractivity contribution is -0.114. The molecular formula is C21H27IN4O2. The van der Waals surface area contributed by atoms with Gasteiger partial charge in [0.05, 0.1) is 0 Å². The maximum Gasteiger partial charge on any atom is 0.246 e. The first-order valence-corrected chi connectivity index (χ1v) is 9.28. The number of hydrogen-bond acceptors (Lipinski definition) is 3. The van der Waals surface area contributed by atoms with Gasteiger partial charge in [0.15, 0.2) is 5.96 Å². The highest BCUT2D eigenvalue weighted by molar-refractivity contribution is 14.0. The van der Waals surface area contributed by atoms with Crippen molar-refractivity contribution in [2.24, 2.45) is 4.99 Å². The molecule has 0 atom stereocenters. The van der Waals surface area contributed by atoms with Crippen LogP contribution in [0.1, 0.15) is 25.3 Å². The molecule has 1 saturated carbocycles. The summed E-state index contributed by atoms with van der Waals surface area (Å²) in [6.07, 6.45) is 2.31. The van der Waals surface area contributed by atoms with Gasteiger partial charge < -0.3 is 21.1 Å². The molecule has 0 aromatic heterocycles. The third-order valence-electron chi connectivity index (χ3n) is 4.71. The van der Waals surface area contributed by atoms with E-state index in [1.165, 1.54) is 17.7 Å². The number of nitrogens with zero attached hydrogens (tertiary/aromatic N) is 1. The number of rotatable bonds is 7. The van der Waals surface area contributed by atoms with Crippen LogP contribution in [0.3, 0.4) is 0 Å². The van der Waals surface area contributed by atoms with E-state index >= 15 is 0 Å². The molecule has 2 aromatic rings. The lowest BCUT2D eigenvalue weighted by atomic mass is 9.96. The maximum absolute atomic E-state index is 12.1. The molecule has 2 aromatic carbocycles. The van der Waals surface area contributed by atoms with E-state index in [0.29, 0.717) is 11.6 Å². The minimum Gasteiger partial charge on any atom is -0.508 e. The van der Waals surface area contributed by atoms with E-state index < -0.39 is 0 Å². The number of amides is 1. The predicted molar refractivity (Wildman–Crippen MR) is 123 cm³/mol. The lowest BCUT2D eigenvalue weighted by Gasteiger charge is -2.19. The summed E-state index contributed by atoms with van der Waals surface area (Å²) in [7, 11) is 0. The molecule has 0 bridgehead atoms. The van der Waals surface area contributed by atoms with Crippen molar-refractivity contribution in [2.45, 2.75) is 25.2 Å². The Bertz CT molecular complexity index is 790. The normalized spacial score (nSPS) is 14.5. The largest absolute Gasteiger partial charge is 0.508 e. The van der Waals surface area contributed by atoms with Crippen molar-refractivity contribution in [3.05, 3.63) is 60.2 Å². The number of carbonyl (C=O) groups excluding carboxylic acids is 1. The average molecular weight is 494 g/mol. The predicted octanol–water partition coefficient (Wildman–Crippen LogP) is 3.24.